The fraction of sp³-hybridized carbons (Fsp3) is 0.500. The predicted octanol–water partition coefficient (Wildman–Crippen LogP) is 2.96. The maximum Gasteiger partial charge on any atom is 0.501 e. The monoisotopic (exact) mass is 329 g/mol. The number of rotatable bonds is 6. The lowest BCUT2D eigenvalue weighted by molar-refractivity contribution is -0.0435. The second-order valence-electron chi connectivity index (χ2n) is 4.42. The third-order valence-electron chi connectivity index (χ3n) is 2.69. The molecule has 0 aromatic heterocycles. The van der Waals surface area contributed by atoms with Crippen molar-refractivity contribution in [2.24, 2.45) is 0 Å². The lowest BCUT2D eigenvalue weighted by Gasteiger charge is -2.18. The van der Waals surface area contributed by atoms with Gasteiger partial charge in [-0.2, -0.15) is 13.2 Å². The second kappa shape index (κ2) is 6.61. The highest BCUT2D eigenvalue weighted by molar-refractivity contribution is 7.92. The van der Waals surface area contributed by atoms with Crippen molar-refractivity contribution in [2.75, 3.05) is 19.0 Å². The zero-order valence-electron chi connectivity index (χ0n) is 11.4. The van der Waals surface area contributed by atoms with Crippen LogP contribution >= 0.6 is 0 Å². The molecular weight excluding hydrogens is 314 g/mol. The van der Waals surface area contributed by atoms with E-state index in [0.29, 0.717) is 19.1 Å². The highest BCUT2D eigenvalue weighted by Crippen LogP contribution is 2.35. The molecule has 120 valence electrons. The highest BCUT2D eigenvalue weighted by atomic mass is 32.2. The Morgan fingerprint density at radius 3 is 2.48 bits per heavy atom. The number of ether oxygens (including phenoxy) is 1. The van der Waals surface area contributed by atoms with Gasteiger partial charge in [0.1, 0.15) is 10.7 Å². The molecule has 0 aliphatic carbocycles. The van der Waals surface area contributed by atoms with Crippen molar-refractivity contribution in [3.8, 4) is 0 Å². The van der Waals surface area contributed by atoms with Crippen LogP contribution in [-0.2, 0) is 14.6 Å². The van der Waals surface area contributed by atoms with Crippen molar-refractivity contribution in [3.63, 3.8) is 0 Å². The normalized spacial score (nSPS) is 14.0. The zero-order valence-corrected chi connectivity index (χ0v) is 12.2. The van der Waals surface area contributed by atoms with Crippen LogP contribution in [0.15, 0.2) is 23.1 Å². The maximum absolute atomic E-state index is 13.1. The van der Waals surface area contributed by atoms with E-state index < -0.39 is 26.1 Å². The number of benzene rings is 1. The van der Waals surface area contributed by atoms with Crippen LogP contribution in [-0.4, -0.2) is 33.7 Å². The molecule has 1 unspecified atom stereocenters. The molecule has 1 aromatic carbocycles. The Labute approximate surface area is 120 Å². The fourth-order valence-corrected chi connectivity index (χ4v) is 2.53. The number of sulfone groups is 1. The summed E-state index contributed by atoms with van der Waals surface area (Å²) >= 11 is 0. The van der Waals surface area contributed by atoms with Crippen LogP contribution in [0.25, 0.3) is 0 Å². The fourth-order valence-electron chi connectivity index (χ4n) is 1.59. The minimum Gasteiger partial charge on any atom is -0.385 e. The van der Waals surface area contributed by atoms with Gasteiger partial charge in [0.05, 0.1) is 5.69 Å². The standard InChI is InChI=1S/C12H15F4NO3S/c1-8(5-6-20-2)17-10-4-3-9(13)7-11(10)21(18,19)12(14,15)16/h3-4,7-8,17H,5-6H2,1-2H3. The van der Waals surface area contributed by atoms with Gasteiger partial charge in [0, 0.05) is 19.8 Å². The van der Waals surface area contributed by atoms with E-state index in [1.165, 1.54) is 7.11 Å². The van der Waals surface area contributed by atoms with E-state index in [1.807, 2.05) is 0 Å². The molecule has 0 radical (unpaired) electrons. The molecule has 9 heteroatoms. The van der Waals surface area contributed by atoms with Crippen molar-refractivity contribution in [3.05, 3.63) is 24.0 Å². The van der Waals surface area contributed by atoms with Gasteiger partial charge in [0.15, 0.2) is 0 Å². The molecule has 0 fully saturated rings. The van der Waals surface area contributed by atoms with Crippen LogP contribution in [0.4, 0.5) is 23.2 Å². The van der Waals surface area contributed by atoms with E-state index in [-0.39, 0.29) is 11.7 Å². The molecule has 1 N–H and O–H groups in total. The number of alkyl halides is 3. The average molecular weight is 329 g/mol. The van der Waals surface area contributed by atoms with Crippen LogP contribution in [0.3, 0.4) is 0 Å². The zero-order chi connectivity index (χ0) is 16.3. The number of methoxy groups -OCH3 is 1. The molecule has 0 aliphatic rings. The number of hydrogen-bond acceptors (Lipinski definition) is 4. The van der Waals surface area contributed by atoms with Crippen molar-refractivity contribution < 1.29 is 30.7 Å². The molecule has 1 rings (SSSR count). The predicted molar refractivity (Wildman–Crippen MR) is 69.2 cm³/mol. The molecule has 4 nitrogen and oxygen atoms in total. The van der Waals surface area contributed by atoms with Crippen molar-refractivity contribution in [2.45, 2.75) is 29.8 Å². The lowest BCUT2D eigenvalue weighted by Crippen LogP contribution is -2.26. The molecule has 0 bridgehead atoms. The Kier molecular flexibility index (Phi) is 5.57. The molecule has 0 heterocycles. The molecule has 1 aromatic rings. The summed E-state index contributed by atoms with van der Waals surface area (Å²) in [6.45, 7) is 1.99. The smallest absolute Gasteiger partial charge is 0.385 e. The summed E-state index contributed by atoms with van der Waals surface area (Å²) in [5, 5.41) is 2.62. The third-order valence-corrected chi connectivity index (χ3v) is 4.22. The quantitative estimate of drug-likeness (QED) is 0.815. The van der Waals surface area contributed by atoms with E-state index >= 15 is 0 Å². The minimum atomic E-state index is -5.63. The molecule has 1 atom stereocenters. The molecule has 0 aliphatic heterocycles. The largest absolute Gasteiger partial charge is 0.501 e. The summed E-state index contributed by atoms with van der Waals surface area (Å²) in [5.41, 5.74) is -5.79. The lowest BCUT2D eigenvalue weighted by atomic mass is 10.2. The van der Waals surface area contributed by atoms with Crippen LogP contribution in [0.2, 0.25) is 0 Å². The van der Waals surface area contributed by atoms with Gasteiger partial charge in [0.25, 0.3) is 9.84 Å². The molecule has 21 heavy (non-hydrogen) atoms. The first kappa shape index (κ1) is 17.7. The number of halogens is 4. The van der Waals surface area contributed by atoms with E-state index in [2.05, 4.69) is 5.32 Å². The third kappa shape index (κ3) is 4.31. The molecular formula is C12H15F4NO3S. The Balaban J connectivity index is 3.18. The van der Waals surface area contributed by atoms with Gasteiger partial charge in [-0.3, -0.25) is 0 Å². The van der Waals surface area contributed by atoms with Crippen LogP contribution in [0.1, 0.15) is 13.3 Å². The number of hydrogen-bond donors (Lipinski definition) is 1. The van der Waals surface area contributed by atoms with Gasteiger partial charge in [-0.25, -0.2) is 12.8 Å². The second-order valence-corrected chi connectivity index (χ2v) is 6.33. The summed E-state index contributed by atoms with van der Waals surface area (Å²) in [5.74, 6) is -1.06. The van der Waals surface area contributed by atoms with E-state index in [9.17, 15) is 26.0 Å². The van der Waals surface area contributed by atoms with Crippen molar-refractivity contribution in [1.29, 1.82) is 0 Å². The molecule has 0 spiro atoms. The molecule has 0 saturated heterocycles. The highest BCUT2D eigenvalue weighted by Gasteiger charge is 2.48. The van der Waals surface area contributed by atoms with E-state index in [4.69, 9.17) is 4.74 Å². The summed E-state index contributed by atoms with van der Waals surface area (Å²) in [6, 6.07) is 1.87. The van der Waals surface area contributed by atoms with Crippen LogP contribution < -0.4 is 5.32 Å². The first-order chi connectivity index (χ1) is 9.59. The van der Waals surface area contributed by atoms with E-state index in [1.54, 1.807) is 6.92 Å². The van der Waals surface area contributed by atoms with Crippen molar-refractivity contribution >= 4 is 15.5 Å². The van der Waals surface area contributed by atoms with Gasteiger partial charge >= 0.3 is 5.51 Å². The Morgan fingerprint density at radius 1 is 1.33 bits per heavy atom. The SMILES string of the molecule is COCCC(C)Nc1ccc(F)cc1S(=O)(=O)C(F)(F)F. The van der Waals surface area contributed by atoms with Gasteiger partial charge in [-0.1, -0.05) is 0 Å². The summed E-state index contributed by atoms with van der Waals surface area (Å²) in [6.07, 6.45) is 0.444. The number of nitrogens with one attached hydrogen (secondary N) is 1. The van der Waals surface area contributed by atoms with Crippen molar-refractivity contribution in [1.82, 2.24) is 0 Å². The van der Waals surface area contributed by atoms with Gasteiger partial charge in [-0.15, -0.1) is 0 Å². The summed E-state index contributed by atoms with van der Waals surface area (Å²) in [4.78, 5) is -1.13. The van der Waals surface area contributed by atoms with Gasteiger partial charge < -0.3 is 10.1 Å². The van der Waals surface area contributed by atoms with Gasteiger partial charge in [0.2, 0.25) is 0 Å². The Morgan fingerprint density at radius 2 is 1.95 bits per heavy atom. The first-order valence-electron chi connectivity index (χ1n) is 5.96. The maximum atomic E-state index is 13.1. The van der Waals surface area contributed by atoms with Crippen LogP contribution in [0, 0.1) is 5.82 Å². The average Bonchev–Trinajstić information content (AvgIpc) is 2.37. The topological polar surface area (TPSA) is 55.4 Å². The molecule has 0 amide bonds. The minimum absolute atomic E-state index is 0.294. The Hall–Kier alpha value is -1.35. The van der Waals surface area contributed by atoms with Crippen LogP contribution in [0.5, 0.6) is 0 Å². The van der Waals surface area contributed by atoms with E-state index in [0.717, 1.165) is 12.1 Å². The first-order valence-corrected chi connectivity index (χ1v) is 7.44. The summed E-state index contributed by atoms with van der Waals surface area (Å²) in [7, 11) is -4.17. The van der Waals surface area contributed by atoms with Gasteiger partial charge in [-0.05, 0) is 31.5 Å². The summed E-state index contributed by atoms with van der Waals surface area (Å²) < 4.78 is 78.7. The Bertz CT molecular complexity index is 587. The number of anilines is 1. The molecule has 0 saturated carbocycles.